The summed E-state index contributed by atoms with van der Waals surface area (Å²) in [7, 11) is 1.61. The monoisotopic (exact) mass is 474 g/mol. The maximum atomic E-state index is 12.6. The van der Waals surface area contributed by atoms with Gasteiger partial charge in [-0.3, -0.25) is 9.78 Å². The van der Waals surface area contributed by atoms with Gasteiger partial charge in [0.15, 0.2) is 0 Å². The summed E-state index contributed by atoms with van der Waals surface area (Å²) in [5.74, 6) is 1.18. The number of rotatable bonds is 6. The van der Waals surface area contributed by atoms with Crippen molar-refractivity contribution in [1.82, 2.24) is 4.98 Å². The number of benzene rings is 2. The molecule has 5 nitrogen and oxygen atoms in total. The number of pyridine rings is 1. The molecular weight excluding hydrogens is 455 g/mol. The second-order valence-electron chi connectivity index (χ2n) is 5.91. The molecule has 0 aliphatic heterocycles. The van der Waals surface area contributed by atoms with Gasteiger partial charge in [0.2, 0.25) is 0 Å². The highest BCUT2D eigenvalue weighted by atomic mass is 127. The third kappa shape index (κ3) is 5.27. The van der Waals surface area contributed by atoms with Crippen molar-refractivity contribution >= 4 is 34.2 Å². The van der Waals surface area contributed by atoms with Crippen LogP contribution in [-0.4, -0.2) is 18.0 Å². The van der Waals surface area contributed by atoms with Gasteiger partial charge in [-0.25, -0.2) is 0 Å². The maximum absolute atomic E-state index is 12.6. The smallest absolute Gasteiger partial charge is 0.257 e. The van der Waals surface area contributed by atoms with Crippen LogP contribution in [-0.2, 0) is 11.3 Å². The summed E-state index contributed by atoms with van der Waals surface area (Å²) in [5, 5.41) is 2.89. The Bertz CT molecular complexity index is 942. The zero-order chi connectivity index (χ0) is 19.2. The second kappa shape index (κ2) is 8.96. The molecule has 0 fully saturated rings. The normalized spacial score (nSPS) is 10.5. The summed E-state index contributed by atoms with van der Waals surface area (Å²) in [6.07, 6.45) is 0. The van der Waals surface area contributed by atoms with Crippen LogP contribution in [0.25, 0.3) is 0 Å². The van der Waals surface area contributed by atoms with Gasteiger partial charge in [-0.05, 0) is 78.0 Å². The van der Waals surface area contributed by atoms with Gasteiger partial charge in [0.1, 0.15) is 11.5 Å². The molecular formula is C21H19IN2O3. The number of ether oxygens (including phenoxy) is 2. The second-order valence-corrected chi connectivity index (χ2v) is 7.15. The molecule has 138 valence electrons. The number of aromatic nitrogens is 1. The highest BCUT2D eigenvalue weighted by molar-refractivity contribution is 14.1. The number of carbonyl (C=O) groups excluding carboxylic acids is 1. The van der Waals surface area contributed by atoms with Crippen LogP contribution in [0.5, 0.6) is 11.5 Å². The van der Waals surface area contributed by atoms with Gasteiger partial charge in [0.25, 0.3) is 5.91 Å². The van der Waals surface area contributed by atoms with E-state index in [4.69, 9.17) is 9.47 Å². The first kappa shape index (κ1) is 19.3. The quantitative estimate of drug-likeness (QED) is 0.500. The molecule has 3 aromatic rings. The molecule has 0 bridgehead atoms. The van der Waals surface area contributed by atoms with Crippen LogP contribution in [0.4, 0.5) is 5.69 Å². The van der Waals surface area contributed by atoms with Crippen molar-refractivity contribution in [2.24, 2.45) is 0 Å². The predicted octanol–water partition coefficient (Wildman–Crippen LogP) is 5.19. The minimum Gasteiger partial charge on any atom is -0.457 e. The molecule has 1 N–H and O–H groups in total. The number of hydrogen-bond donors (Lipinski definition) is 1. The van der Waals surface area contributed by atoms with Crippen LogP contribution in [0.15, 0.2) is 60.7 Å². The average Bonchev–Trinajstić information content (AvgIpc) is 2.64. The highest BCUT2D eigenvalue weighted by Gasteiger charge is 2.11. The molecule has 0 aliphatic carbocycles. The summed E-state index contributed by atoms with van der Waals surface area (Å²) < 4.78 is 12.1. The van der Waals surface area contributed by atoms with Crippen LogP contribution >= 0.6 is 22.6 Å². The largest absolute Gasteiger partial charge is 0.457 e. The predicted molar refractivity (Wildman–Crippen MR) is 113 cm³/mol. The number of carbonyl (C=O) groups is 1. The van der Waals surface area contributed by atoms with Crippen molar-refractivity contribution in [3.8, 4) is 11.5 Å². The summed E-state index contributed by atoms with van der Waals surface area (Å²) in [6, 6.07) is 18.6. The van der Waals surface area contributed by atoms with E-state index in [2.05, 4.69) is 32.9 Å². The molecule has 2 aromatic carbocycles. The molecule has 1 heterocycles. The third-order valence-corrected chi connectivity index (χ3v) is 4.54. The molecule has 0 saturated carbocycles. The third-order valence-electron chi connectivity index (χ3n) is 3.82. The Morgan fingerprint density at radius 1 is 1.07 bits per heavy atom. The van der Waals surface area contributed by atoms with E-state index in [0.717, 1.165) is 15.0 Å². The van der Waals surface area contributed by atoms with Gasteiger partial charge < -0.3 is 14.8 Å². The summed E-state index contributed by atoms with van der Waals surface area (Å²) >= 11 is 2.25. The standard InChI is InChI=1S/C21H19IN2O3/c1-14-20(11-8-17(23-14)13-26-2)21(25)24-16-4-3-5-19(12-16)27-18-9-6-15(22)7-10-18/h3-12H,13H2,1-2H3,(H,24,25). The molecule has 0 saturated heterocycles. The number of halogens is 1. The number of nitrogens with one attached hydrogen (secondary N) is 1. The van der Waals surface area contributed by atoms with Crippen molar-refractivity contribution < 1.29 is 14.3 Å². The van der Waals surface area contributed by atoms with Gasteiger partial charge in [0.05, 0.1) is 23.6 Å². The van der Waals surface area contributed by atoms with E-state index < -0.39 is 0 Å². The summed E-state index contributed by atoms with van der Waals surface area (Å²) in [6.45, 7) is 2.23. The first-order valence-electron chi connectivity index (χ1n) is 8.35. The van der Waals surface area contributed by atoms with Crippen LogP contribution < -0.4 is 10.1 Å². The maximum Gasteiger partial charge on any atom is 0.257 e. The lowest BCUT2D eigenvalue weighted by Crippen LogP contribution is -2.14. The minimum absolute atomic E-state index is 0.213. The Morgan fingerprint density at radius 2 is 1.85 bits per heavy atom. The van der Waals surface area contributed by atoms with E-state index in [-0.39, 0.29) is 5.91 Å². The van der Waals surface area contributed by atoms with Crippen LogP contribution in [0.2, 0.25) is 0 Å². The molecule has 0 atom stereocenters. The van der Waals surface area contributed by atoms with Crippen LogP contribution in [0.3, 0.4) is 0 Å². The fourth-order valence-electron chi connectivity index (χ4n) is 2.56. The average molecular weight is 474 g/mol. The fourth-order valence-corrected chi connectivity index (χ4v) is 2.92. The van der Waals surface area contributed by atoms with E-state index in [0.29, 0.717) is 29.3 Å². The summed E-state index contributed by atoms with van der Waals surface area (Å²) in [4.78, 5) is 17.0. The molecule has 0 aliphatic rings. The van der Waals surface area contributed by atoms with E-state index in [1.54, 1.807) is 25.3 Å². The Labute approximate surface area is 171 Å². The number of nitrogens with zero attached hydrogens (tertiary/aromatic N) is 1. The topological polar surface area (TPSA) is 60.5 Å². The molecule has 1 amide bonds. The Morgan fingerprint density at radius 3 is 2.56 bits per heavy atom. The van der Waals surface area contributed by atoms with Crippen LogP contribution in [0, 0.1) is 10.5 Å². The zero-order valence-corrected chi connectivity index (χ0v) is 17.2. The zero-order valence-electron chi connectivity index (χ0n) is 15.0. The fraction of sp³-hybridized carbons (Fsp3) is 0.143. The molecule has 6 heteroatoms. The highest BCUT2D eigenvalue weighted by Crippen LogP contribution is 2.25. The number of anilines is 1. The van der Waals surface area contributed by atoms with Crippen molar-refractivity contribution in [3.05, 3.63) is 81.2 Å². The molecule has 0 spiro atoms. The van der Waals surface area contributed by atoms with E-state index in [1.165, 1.54) is 0 Å². The van der Waals surface area contributed by atoms with E-state index in [9.17, 15) is 4.79 Å². The number of methoxy groups -OCH3 is 1. The molecule has 0 radical (unpaired) electrons. The number of aryl methyl sites for hydroxylation is 1. The van der Waals surface area contributed by atoms with Crippen LogP contribution in [0.1, 0.15) is 21.7 Å². The van der Waals surface area contributed by atoms with Gasteiger partial charge in [-0.2, -0.15) is 0 Å². The molecule has 3 rings (SSSR count). The minimum atomic E-state index is -0.213. The number of amides is 1. The van der Waals surface area contributed by atoms with E-state index >= 15 is 0 Å². The van der Waals surface area contributed by atoms with E-state index in [1.807, 2.05) is 49.4 Å². The van der Waals surface area contributed by atoms with Crippen molar-refractivity contribution in [3.63, 3.8) is 0 Å². The lowest BCUT2D eigenvalue weighted by Gasteiger charge is -2.11. The Kier molecular flexibility index (Phi) is 6.41. The Hall–Kier alpha value is -2.45. The van der Waals surface area contributed by atoms with Crippen molar-refractivity contribution in [1.29, 1.82) is 0 Å². The Balaban J connectivity index is 1.72. The van der Waals surface area contributed by atoms with Crippen molar-refractivity contribution in [2.75, 3.05) is 12.4 Å². The lowest BCUT2D eigenvalue weighted by atomic mass is 10.1. The number of hydrogen-bond acceptors (Lipinski definition) is 4. The SMILES string of the molecule is COCc1ccc(C(=O)Nc2cccc(Oc3ccc(I)cc3)c2)c(C)n1. The van der Waals surface area contributed by atoms with Gasteiger partial charge in [0, 0.05) is 22.4 Å². The first-order valence-corrected chi connectivity index (χ1v) is 9.43. The van der Waals surface area contributed by atoms with Crippen molar-refractivity contribution in [2.45, 2.75) is 13.5 Å². The first-order chi connectivity index (χ1) is 13.0. The van der Waals surface area contributed by atoms with Gasteiger partial charge >= 0.3 is 0 Å². The van der Waals surface area contributed by atoms with Gasteiger partial charge in [-0.1, -0.05) is 6.07 Å². The molecule has 0 unspecified atom stereocenters. The van der Waals surface area contributed by atoms with Gasteiger partial charge in [-0.15, -0.1) is 0 Å². The lowest BCUT2D eigenvalue weighted by molar-refractivity contribution is 0.102. The molecule has 27 heavy (non-hydrogen) atoms. The molecule has 1 aromatic heterocycles. The summed E-state index contributed by atoms with van der Waals surface area (Å²) in [5.41, 5.74) is 2.63.